The van der Waals surface area contributed by atoms with Crippen molar-refractivity contribution < 1.29 is 9.18 Å². The summed E-state index contributed by atoms with van der Waals surface area (Å²) in [5, 5.41) is 3.06. The van der Waals surface area contributed by atoms with Crippen LogP contribution in [0.3, 0.4) is 0 Å². The van der Waals surface area contributed by atoms with E-state index in [1.807, 2.05) is 0 Å². The van der Waals surface area contributed by atoms with Gasteiger partial charge in [0.15, 0.2) is 0 Å². The highest BCUT2D eigenvalue weighted by Gasteiger charge is 2.19. The number of anilines is 2. The highest BCUT2D eigenvalue weighted by Crippen LogP contribution is 2.35. The van der Waals surface area contributed by atoms with E-state index in [0.717, 1.165) is 0 Å². The Bertz CT molecular complexity index is 844. The highest BCUT2D eigenvalue weighted by molar-refractivity contribution is 7.21. The van der Waals surface area contributed by atoms with Gasteiger partial charge in [0.1, 0.15) is 10.7 Å². The minimum absolute atomic E-state index is 0.173. The van der Waals surface area contributed by atoms with Crippen LogP contribution in [0.5, 0.6) is 0 Å². The Balaban J connectivity index is 2.01. The maximum absolute atomic E-state index is 13.8. The standard InChI is InChI=1S/C15H12FN3OS/c1-8-10(5-3-7-18-8)19-15(20)14-13(17)12-9(16)4-2-6-11(12)21-14/h2-7H,17H2,1H3,(H,19,20). The number of hydrogen-bond acceptors (Lipinski definition) is 4. The molecule has 0 saturated heterocycles. The topological polar surface area (TPSA) is 68.0 Å². The summed E-state index contributed by atoms with van der Waals surface area (Å²) in [4.78, 5) is 16.7. The van der Waals surface area contributed by atoms with Gasteiger partial charge < -0.3 is 11.1 Å². The molecule has 3 aromatic rings. The van der Waals surface area contributed by atoms with Crippen LogP contribution in [-0.2, 0) is 0 Å². The number of fused-ring (bicyclic) bond motifs is 1. The van der Waals surface area contributed by atoms with Gasteiger partial charge in [-0.05, 0) is 31.2 Å². The number of nitrogens with two attached hydrogens (primary N) is 1. The largest absolute Gasteiger partial charge is 0.397 e. The van der Waals surface area contributed by atoms with Crippen molar-refractivity contribution in [2.75, 3.05) is 11.1 Å². The number of thiophene rings is 1. The first-order valence-electron chi connectivity index (χ1n) is 6.27. The Hall–Kier alpha value is -2.47. The number of carbonyl (C=O) groups excluding carboxylic acids is 1. The second-order valence-corrected chi connectivity index (χ2v) is 5.60. The Labute approximate surface area is 124 Å². The number of benzene rings is 1. The summed E-state index contributed by atoms with van der Waals surface area (Å²) in [6.07, 6.45) is 1.65. The molecule has 0 aliphatic rings. The molecule has 0 unspecified atom stereocenters. The van der Waals surface area contributed by atoms with Gasteiger partial charge in [0.2, 0.25) is 0 Å². The fourth-order valence-electron chi connectivity index (χ4n) is 2.09. The van der Waals surface area contributed by atoms with Crippen LogP contribution in [-0.4, -0.2) is 10.9 Å². The average Bonchev–Trinajstić information content (AvgIpc) is 2.80. The number of pyridine rings is 1. The van der Waals surface area contributed by atoms with Crippen molar-refractivity contribution in [2.24, 2.45) is 0 Å². The second kappa shape index (κ2) is 5.14. The summed E-state index contributed by atoms with van der Waals surface area (Å²) in [6.45, 7) is 1.80. The predicted molar refractivity (Wildman–Crippen MR) is 83.1 cm³/mol. The van der Waals surface area contributed by atoms with Gasteiger partial charge in [-0.2, -0.15) is 0 Å². The summed E-state index contributed by atoms with van der Waals surface area (Å²) >= 11 is 1.17. The number of nitrogen functional groups attached to an aromatic ring is 1. The molecule has 0 bridgehead atoms. The molecule has 2 heterocycles. The number of halogens is 1. The molecule has 21 heavy (non-hydrogen) atoms. The van der Waals surface area contributed by atoms with Crippen molar-refractivity contribution in [3.05, 3.63) is 52.9 Å². The molecule has 3 N–H and O–H groups in total. The van der Waals surface area contributed by atoms with E-state index in [0.29, 0.717) is 26.3 Å². The van der Waals surface area contributed by atoms with E-state index in [9.17, 15) is 9.18 Å². The molecule has 0 saturated carbocycles. The highest BCUT2D eigenvalue weighted by atomic mass is 32.1. The maximum Gasteiger partial charge on any atom is 0.267 e. The number of aryl methyl sites for hydroxylation is 1. The van der Waals surface area contributed by atoms with E-state index >= 15 is 0 Å². The average molecular weight is 301 g/mol. The lowest BCUT2D eigenvalue weighted by molar-refractivity contribution is 0.103. The Morgan fingerprint density at radius 2 is 2.14 bits per heavy atom. The number of nitrogens with zero attached hydrogens (tertiary/aromatic N) is 1. The van der Waals surface area contributed by atoms with Crippen molar-refractivity contribution in [2.45, 2.75) is 6.92 Å². The summed E-state index contributed by atoms with van der Waals surface area (Å²) in [5.41, 5.74) is 7.42. The van der Waals surface area contributed by atoms with Crippen LogP contribution in [0.15, 0.2) is 36.5 Å². The van der Waals surface area contributed by atoms with Crippen molar-refractivity contribution >= 4 is 38.7 Å². The molecule has 3 rings (SSSR count). The minimum atomic E-state index is -0.419. The Kier molecular flexibility index (Phi) is 3.31. The van der Waals surface area contributed by atoms with Crippen LogP contribution in [0.2, 0.25) is 0 Å². The number of rotatable bonds is 2. The van der Waals surface area contributed by atoms with Crippen LogP contribution in [0.25, 0.3) is 10.1 Å². The first-order chi connectivity index (χ1) is 10.1. The van der Waals surface area contributed by atoms with Gasteiger partial charge in [0.05, 0.1) is 22.5 Å². The van der Waals surface area contributed by atoms with Crippen LogP contribution in [0.4, 0.5) is 15.8 Å². The molecule has 0 radical (unpaired) electrons. The monoisotopic (exact) mass is 301 g/mol. The maximum atomic E-state index is 13.8. The third-order valence-corrected chi connectivity index (χ3v) is 4.33. The van der Waals surface area contributed by atoms with Gasteiger partial charge in [-0.3, -0.25) is 9.78 Å². The summed E-state index contributed by atoms with van der Waals surface area (Å²) < 4.78 is 14.5. The first-order valence-corrected chi connectivity index (χ1v) is 7.09. The molecule has 2 aromatic heterocycles. The van der Waals surface area contributed by atoms with E-state index in [-0.39, 0.29) is 11.6 Å². The molecule has 0 atom stereocenters. The Morgan fingerprint density at radius 3 is 2.86 bits per heavy atom. The third kappa shape index (κ3) is 2.34. The molecule has 1 aromatic carbocycles. The van der Waals surface area contributed by atoms with Crippen molar-refractivity contribution in [1.82, 2.24) is 4.98 Å². The van der Waals surface area contributed by atoms with Gasteiger partial charge in [0.25, 0.3) is 5.91 Å². The van der Waals surface area contributed by atoms with Crippen molar-refractivity contribution in [3.8, 4) is 0 Å². The van der Waals surface area contributed by atoms with Crippen LogP contribution in [0, 0.1) is 12.7 Å². The lowest BCUT2D eigenvalue weighted by Crippen LogP contribution is -2.13. The van der Waals surface area contributed by atoms with E-state index in [2.05, 4.69) is 10.3 Å². The number of carbonyl (C=O) groups is 1. The fraction of sp³-hybridized carbons (Fsp3) is 0.0667. The molecule has 6 heteroatoms. The molecule has 106 valence electrons. The van der Waals surface area contributed by atoms with Crippen molar-refractivity contribution in [3.63, 3.8) is 0 Å². The normalized spacial score (nSPS) is 10.8. The van der Waals surface area contributed by atoms with Crippen LogP contribution >= 0.6 is 11.3 Å². The number of nitrogens with one attached hydrogen (secondary N) is 1. The van der Waals surface area contributed by atoms with Gasteiger partial charge in [-0.15, -0.1) is 11.3 Å². The van der Waals surface area contributed by atoms with Crippen LogP contribution < -0.4 is 11.1 Å². The van der Waals surface area contributed by atoms with E-state index in [1.165, 1.54) is 17.4 Å². The second-order valence-electron chi connectivity index (χ2n) is 4.55. The zero-order valence-corrected chi connectivity index (χ0v) is 12.0. The van der Waals surface area contributed by atoms with Gasteiger partial charge in [0, 0.05) is 10.9 Å². The number of aromatic nitrogens is 1. The lowest BCUT2D eigenvalue weighted by Gasteiger charge is -2.06. The third-order valence-electron chi connectivity index (χ3n) is 3.16. The van der Waals surface area contributed by atoms with Gasteiger partial charge >= 0.3 is 0 Å². The molecule has 4 nitrogen and oxygen atoms in total. The zero-order valence-electron chi connectivity index (χ0n) is 11.2. The first kappa shape index (κ1) is 13.5. The summed E-state index contributed by atoms with van der Waals surface area (Å²) in [7, 11) is 0. The van der Waals surface area contributed by atoms with E-state index < -0.39 is 5.82 Å². The Morgan fingerprint density at radius 1 is 1.33 bits per heavy atom. The predicted octanol–water partition coefficient (Wildman–Crippen LogP) is 3.58. The summed E-state index contributed by atoms with van der Waals surface area (Å²) in [5.74, 6) is -0.776. The molecule has 0 fully saturated rings. The van der Waals surface area contributed by atoms with Crippen molar-refractivity contribution in [1.29, 1.82) is 0 Å². The smallest absolute Gasteiger partial charge is 0.267 e. The molecule has 0 aliphatic carbocycles. The molecule has 1 amide bonds. The molecular formula is C15H12FN3OS. The SMILES string of the molecule is Cc1ncccc1NC(=O)c1sc2cccc(F)c2c1N. The molecule has 0 spiro atoms. The van der Waals surface area contributed by atoms with Gasteiger partial charge in [-0.1, -0.05) is 6.07 Å². The minimum Gasteiger partial charge on any atom is -0.397 e. The zero-order chi connectivity index (χ0) is 15.0. The number of amides is 1. The summed E-state index contributed by atoms with van der Waals surface area (Å²) in [6, 6.07) is 8.16. The lowest BCUT2D eigenvalue weighted by atomic mass is 10.2. The quantitative estimate of drug-likeness (QED) is 0.760. The fourth-order valence-corrected chi connectivity index (χ4v) is 3.13. The molecular weight excluding hydrogens is 289 g/mol. The van der Waals surface area contributed by atoms with E-state index in [4.69, 9.17) is 5.73 Å². The van der Waals surface area contributed by atoms with E-state index in [1.54, 1.807) is 37.4 Å². The van der Waals surface area contributed by atoms with Gasteiger partial charge in [-0.25, -0.2) is 4.39 Å². The number of hydrogen-bond donors (Lipinski definition) is 2. The molecule has 0 aliphatic heterocycles. The van der Waals surface area contributed by atoms with Crippen LogP contribution in [0.1, 0.15) is 15.4 Å².